The number of nitrogens with two attached hydrogens (primary N) is 1. The van der Waals surface area contributed by atoms with Crippen molar-refractivity contribution in [2.75, 3.05) is 12.0 Å². The molecule has 35 heavy (non-hydrogen) atoms. The summed E-state index contributed by atoms with van der Waals surface area (Å²) in [4.78, 5) is 81.4. The largest absolute Gasteiger partial charge is 0.481 e. The molecule has 3 amide bonds. The van der Waals surface area contributed by atoms with Crippen LogP contribution in [0.5, 0.6) is 0 Å². The van der Waals surface area contributed by atoms with E-state index >= 15 is 0 Å². The van der Waals surface area contributed by atoms with E-state index < -0.39 is 85.0 Å². The molecule has 9 N–H and O–H groups in total. The van der Waals surface area contributed by atoms with Gasteiger partial charge < -0.3 is 42.1 Å². The first kappa shape index (κ1) is 31.6. The molecule has 0 aliphatic rings. The monoisotopic (exact) mass is 522 g/mol. The van der Waals surface area contributed by atoms with Crippen LogP contribution in [0.2, 0.25) is 0 Å². The molecule has 4 atom stereocenters. The van der Waals surface area contributed by atoms with Crippen molar-refractivity contribution in [2.24, 2.45) is 5.73 Å². The molecule has 0 rings (SSSR count). The highest BCUT2D eigenvalue weighted by Crippen LogP contribution is 2.06. The maximum Gasteiger partial charge on any atom is 0.326 e. The van der Waals surface area contributed by atoms with Crippen molar-refractivity contribution in [3.63, 3.8) is 0 Å². The second-order valence-electron chi connectivity index (χ2n) is 7.37. The van der Waals surface area contributed by atoms with Gasteiger partial charge in [-0.15, -0.1) is 0 Å². The first-order valence-electron chi connectivity index (χ1n) is 10.3. The Kier molecular flexibility index (Phi) is 14.7. The summed E-state index contributed by atoms with van der Waals surface area (Å²) in [6.45, 7) is 0. The zero-order valence-corrected chi connectivity index (χ0v) is 19.7. The van der Waals surface area contributed by atoms with E-state index in [0.717, 1.165) is 0 Å². The lowest BCUT2D eigenvalue weighted by Crippen LogP contribution is -2.57. The number of thioether (sulfide) groups is 1. The Bertz CT molecular complexity index is 808. The van der Waals surface area contributed by atoms with E-state index in [-0.39, 0.29) is 19.3 Å². The van der Waals surface area contributed by atoms with Gasteiger partial charge in [0.05, 0.1) is 12.5 Å². The standard InChI is InChI=1S/C19H30N4O11S/c1-35-7-6-10(21-16(30)9(20)2-4-13(24)25)17(31)23-12(8-15(28)29)18(32)22-11(19(33)34)3-5-14(26)27/h9-12H,2-8,20H2,1H3,(H,21,30)(H,22,32)(H,23,31)(H,24,25)(H,26,27)(H,28,29)(H,33,34). The average Bonchev–Trinajstić information content (AvgIpc) is 2.75. The van der Waals surface area contributed by atoms with Crippen molar-refractivity contribution >= 4 is 53.4 Å². The third-order valence-electron chi connectivity index (χ3n) is 4.52. The fraction of sp³-hybridized carbons (Fsp3) is 0.632. The Morgan fingerprint density at radius 2 is 1.17 bits per heavy atom. The van der Waals surface area contributed by atoms with Crippen LogP contribution < -0.4 is 21.7 Å². The Labute approximate surface area is 204 Å². The number of amides is 3. The predicted molar refractivity (Wildman–Crippen MR) is 120 cm³/mol. The van der Waals surface area contributed by atoms with Crippen molar-refractivity contribution in [3.8, 4) is 0 Å². The molecule has 0 spiro atoms. The van der Waals surface area contributed by atoms with E-state index in [1.807, 2.05) is 5.32 Å². The number of aliphatic carboxylic acids is 4. The van der Waals surface area contributed by atoms with Gasteiger partial charge in [0.25, 0.3) is 0 Å². The van der Waals surface area contributed by atoms with E-state index in [1.54, 1.807) is 6.26 Å². The molecule has 0 aromatic heterocycles. The summed E-state index contributed by atoms with van der Waals surface area (Å²) in [6, 6.07) is -5.87. The van der Waals surface area contributed by atoms with Gasteiger partial charge in [-0.2, -0.15) is 11.8 Å². The van der Waals surface area contributed by atoms with Gasteiger partial charge in [-0.1, -0.05) is 0 Å². The van der Waals surface area contributed by atoms with Crippen LogP contribution in [-0.2, 0) is 33.6 Å². The van der Waals surface area contributed by atoms with Crippen LogP contribution in [0.1, 0.15) is 38.5 Å². The molecular formula is C19H30N4O11S. The second-order valence-corrected chi connectivity index (χ2v) is 8.36. The number of carbonyl (C=O) groups excluding carboxylic acids is 3. The highest BCUT2D eigenvalue weighted by molar-refractivity contribution is 7.98. The summed E-state index contributed by atoms with van der Waals surface area (Å²) < 4.78 is 0. The number of hydrogen-bond donors (Lipinski definition) is 8. The number of nitrogens with one attached hydrogen (secondary N) is 3. The molecule has 4 unspecified atom stereocenters. The maximum absolute atomic E-state index is 12.8. The van der Waals surface area contributed by atoms with E-state index in [0.29, 0.717) is 5.75 Å². The van der Waals surface area contributed by atoms with Crippen molar-refractivity contribution < 1.29 is 54.0 Å². The van der Waals surface area contributed by atoms with Crippen LogP contribution in [-0.4, -0.2) is 98.2 Å². The minimum absolute atomic E-state index is 0.0577. The van der Waals surface area contributed by atoms with Crippen LogP contribution in [0.4, 0.5) is 0 Å². The molecule has 0 saturated carbocycles. The number of hydrogen-bond acceptors (Lipinski definition) is 9. The summed E-state index contributed by atoms with van der Waals surface area (Å²) in [5.74, 6) is -8.11. The SMILES string of the molecule is CSCCC(NC(=O)C(N)CCC(=O)O)C(=O)NC(CC(=O)O)C(=O)NC(CCC(=O)O)C(=O)O. The molecule has 0 saturated heterocycles. The Balaban J connectivity index is 5.47. The summed E-state index contributed by atoms with van der Waals surface area (Å²) in [5, 5.41) is 42.2. The Morgan fingerprint density at radius 3 is 1.66 bits per heavy atom. The van der Waals surface area contributed by atoms with Gasteiger partial charge in [0.2, 0.25) is 17.7 Å². The highest BCUT2D eigenvalue weighted by atomic mass is 32.2. The lowest BCUT2D eigenvalue weighted by atomic mass is 10.1. The lowest BCUT2D eigenvalue weighted by molar-refractivity contribution is -0.144. The molecule has 16 heteroatoms. The van der Waals surface area contributed by atoms with E-state index in [1.165, 1.54) is 11.8 Å². The van der Waals surface area contributed by atoms with E-state index in [4.69, 9.17) is 21.1 Å². The first-order valence-corrected chi connectivity index (χ1v) is 11.7. The van der Waals surface area contributed by atoms with Crippen LogP contribution in [0, 0.1) is 0 Å². The maximum atomic E-state index is 12.8. The summed E-state index contributed by atoms with van der Waals surface area (Å²) in [7, 11) is 0. The Morgan fingerprint density at radius 1 is 0.686 bits per heavy atom. The molecule has 0 fully saturated rings. The van der Waals surface area contributed by atoms with Crippen molar-refractivity contribution in [1.82, 2.24) is 16.0 Å². The topological polar surface area (TPSA) is 263 Å². The molecule has 198 valence electrons. The molecule has 0 aliphatic carbocycles. The predicted octanol–water partition coefficient (Wildman–Crippen LogP) is -2.19. The number of carboxylic acid groups (broad SMARTS) is 4. The normalized spacial score (nSPS) is 14.0. The van der Waals surface area contributed by atoms with Crippen LogP contribution in [0.3, 0.4) is 0 Å². The number of rotatable bonds is 18. The molecular weight excluding hydrogens is 492 g/mol. The smallest absolute Gasteiger partial charge is 0.326 e. The zero-order valence-electron chi connectivity index (χ0n) is 18.9. The van der Waals surface area contributed by atoms with Crippen LogP contribution in [0.15, 0.2) is 0 Å². The minimum atomic E-state index is -1.74. The van der Waals surface area contributed by atoms with Crippen LogP contribution >= 0.6 is 11.8 Å². The van der Waals surface area contributed by atoms with E-state index in [2.05, 4.69) is 10.6 Å². The van der Waals surface area contributed by atoms with E-state index in [9.17, 15) is 38.7 Å². The Hall–Kier alpha value is -3.40. The van der Waals surface area contributed by atoms with Crippen molar-refractivity contribution in [1.29, 1.82) is 0 Å². The number of carbonyl (C=O) groups is 7. The van der Waals surface area contributed by atoms with Gasteiger partial charge in [0.15, 0.2) is 0 Å². The van der Waals surface area contributed by atoms with Crippen molar-refractivity contribution in [2.45, 2.75) is 62.7 Å². The molecule has 0 aliphatic heterocycles. The summed E-state index contributed by atoms with van der Waals surface area (Å²) in [5.41, 5.74) is 5.64. The average molecular weight is 523 g/mol. The zero-order chi connectivity index (χ0) is 27.1. The fourth-order valence-corrected chi connectivity index (χ4v) is 3.12. The van der Waals surface area contributed by atoms with Crippen LogP contribution in [0.25, 0.3) is 0 Å². The minimum Gasteiger partial charge on any atom is -0.481 e. The molecule has 0 aromatic carbocycles. The second kappa shape index (κ2) is 16.3. The number of carboxylic acids is 4. The summed E-state index contributed by atoms with van der Waals surface area (Å²) >= 11 is 1.33. The third kappa shape index (κ3) is 13.8. The van der Waals surface area contributed by atoms with Gasteiger partial charge in [0, 0.05) is 12.8 Å². The van der Waals surface area contributed by atoms with Gasteiger partial charge >= 0.3 is 23.9 Å². The quantitative estimate of drug-likeness (QED) is 0.0952. The molecule has 15 nitrogen and oxygen atoms in total. The highest BCUT2D eigenvalue weighted by Gasteiger charge is 2.31. The van der Waals surface area contributed by atoms with Gasteiger partial charge in [-0.05, 0) is 31.3 Å². The fourth-order valence-electron chi connectivity index (χ4n) is 2.65. The summed E-state index contributed by atoms with van der Waals surface area (Å²) in [6.07, 6.45) is -0.798. The first-order chi connectivity index (χ1) is 16.3. The molecule has 0 heterocycles. The molecule has 0 bridgehead atoms. The van der Waals surface area contributed by atoms with Gasteiger partial charge in [-0.3, -0.25) is 28.8 Å². The molecule has 0 aromatic rings. The third-order valence-corrected chi connectivity index (χ3v) is 5.17. The van der Waals surface area contributed by atoms with Gasteiger partial charge in [0.1, 0.15) is 18.1 Å². The lowest BCUT2D eigenvalue weighted by Gasteiger charge is -2.24. The van der Waals surface area contributed by atoms with Crippen molar-refractivity contribution in [3.05, 3.63) is 0 Å². The molecule has 0 radical (unpaired) electrons. The van der Waals surface area contributed by atoms with Gasteiger partial charge in [-0.25, -0.2) is 4.79 Å².